The lowest BCUT2D eigenvalue weighted by Crippen LogP contribution is -2.38. The van der Waals surface area contributed by atoms with Crippen LogP contribution in [0.5, 0.6) is 0 Å². The first kappa shape index (κ1) is 15.6. The minimum atomic E-state index is -0.218. The molecule has 0 aromatic heterocycles. The fraction of sp³-hybridized carbons (Fsp3) is 0.471. The molecule has 0 heterocycles. The smallest absolute Gasteiger partial charge is 0.251 e. The van der Waals surface area contributed by atoms with Gasteiger partial charge in [0.25, 0.3) is 5.91 Å². The molecule has 1 aliphatic carbocycles. The van der Waals surface area contributed by atoms with Crippen molar-refractivity contribution >= 4 is 5.91 Å². The number of hydrogen-bond donors (Lipinski definition) is 3. The zero-order valence-electron chi connectivity index (χ0n) is 12.2. The van der Waals surface area contributed by atoms with Gasteiger partial charge in [-0.15, -0.1) is 0 Å². The maximum atomic E-state index is 12.2. The maximum Gasteiger partial charge on any atom is 0.251 e. The van der Waals surface area contributed by atoms with Crippen LogP contribution in [-0.4, -0.2) is 34.9 Å². The summed E-state index contributed by atoms with van der Waals surface area (Å²) in [5.74, 6) is 5.38. The van der Waals surface area contributed by atoms with Gasteiger partial charge in [0.15, 0.2) is 0 Å². The normalized spacial score (nSPS) is 21.3. The highest BCUT2D eigenvalue weighted by Gasteiger charge is 2.21. The second-order valence-electron chi connectivity index (χ2n) is 5.47. The number of hydrogen-bond acceptors (Lipinski definition) is 3. The summed E-state index contributed by atoms with van der Waals surface area (Å²) in [6, 6.07) is 5.52. The van der Waals surface area contributed by atoms with Gasteiger partial charge in [0.05, 0.1) is 6.10 Å². The van der Waals surface area contributed by atoms with Gasteiger partial charge in [0.1, 0.15) is 6.61 Å². The highest BCUT2D eigenvalue weighted by molar-refractivity contribution is 5.94. The maximum absolute atomic E-state index is 12.2. The zero-order valence-corrected chi connectivity index (χ0v) is 12.2. The molecule has 1 aliphatic rings. The molecule has 0 bridgehead atoms. The van der Waals surface area contributed by atoms with Gasteiger partial charge in [-0.3, -0.25) is 4.79 Å². The lowest BCUT2D eigenvalue weighted by Gasteiger charge is -2.26. The monoisotopic (exact) mass is 287 g/mol. The van der Waals surface area contributed by atoms with E-state index in [0.717, 1.165) is 36.8 Å². The number of aryl methyl sites for hydroxylation is 1. The second-order valence-corrected chi connectivity index (χ2v) is 5.47. The van der Waals surface area contributed by atoms with Crippen LogP contribution in [-0.2, 0) is 0 Å². The van der Waals surface area contributed by atoms with Gasteiger partial charge >= 0.3 is 0 Å². The molecule has 0 atom stereocenters. The third-order valence-corrected chi connectivity index (χ3v) is 3.82. The molecule has 112 valence electrons. The van der Waals surface area contributed by atoms with Gasteiger partial charge in [-0.2, -0.15) is 0 Å². The Hall–Kier alpha value is -1.83. The molecule has 2 rings (SSSR count). The Bertz CT molecular complexity index is 563. The summed E-state index contributed by atoms with van der Waals surface area (Å²) in [6.45, 7) is 1.73. The predicted octanol–water partition coefficient (Wildman–Crippen LogP) is 1.37. The third kappa shape index (κ3) is 4.32. The van der Waals surface area contributed by atoms with E-state index < -0.39 is 0 Å². The fourth-order valence-corrected chi connectivity index (χ4v) is 2.57. The van der Waals surface area contributed by atoms with E-state index in [0.29, 0.717) is 5.56 Å². The van der Waals surface area contributed by atoms with Crippen LogP contribution in [0.1, 0.15) is 47.2 Å². The first-order valence-electron chi connectivity index (χ1n) is 7.29. The first-order chi connectivity index (χ1) is 10.1. The van der Waals surface area contributed by atoms with Crippen molar-refractivity contribution in [1.82, 2.24) is 5.32 Å². The Labute approximate surface area is 125 Å². The quantitative estimate of drug-likeness (QED) is 0.720. The molecule has 1 aromatic rings. The zero-order chi connectivity index (χ0) is 15.2. The largest absolute Gasteiger partial charge is 0.393 e. The summed E-state index contributed by atoms with van der Waals surface area (Å²) in [6.07, 6.45) is 2.93. The summed E-state index contributed by atoms with van der Waals surface area (Å²) < 4.78 is 0. The number of rotatable bonds is 2. The number of amides is 1. The summed E-state index contributed by atoms with van der Waals surface area (Å²) in [5, 5.41) is 21.2. The van der Waals surface area contributed by atoms with Crippen molar-refractivity contribution in [1.29, 1.82) is 0 Å². The lowest BCUT2D eigenvalue weighted by molar-refractivity contribution is 0.0867. The average molecular weight is 287 g/mol. The van der Waals surface area contributed by atoms with Crippen LogP contribution < -0.4 is 5.32 Å². The Balaban J connectivity index is 2.01. The number of aliphatic hydroxyl groups is 2. The van der Waals surface area contributed by atoms with Crippen LogP contribution in [0, 0.1) is 18.8 Å². The van der Waals surface area contributed by atoms with Crippen molar-refractivity contribution in [2.24, 2.45) is 0 Å². The van der Waals surface area contributed by atoms with Gasteiger partial charge in [-0.25, -0.2) is 0 Å². The van der Waals surface area contributed by atoms with E-state index in [1.54, 1.807) is 12.1 Å². The van der Waals surface area contributed by atoms with Crippen LogP contribution in [0.4, 0.5) is 0 Å². The minimum Gasteiger partial charge on any atom is -0.393 e. The summed E-state index contributed by atoms with van der Waals surface area (Å²) in [5.41, 5.74) is 2.36. The molecule has 1 saturated carbocycles. The number of carbonyl (C=O) groups is 1. The molecule has 1 amide bonds. The molecule has 1 aromatic carbocycles. The highest BCUT2D eigenvalue weighted by atomic mass is 16.3. The Morgan fingerprint density at radius 1 is 1.33 bits per heavy atom. The summed E-state index contributed by atoms with van der Waals surface area (Å²) >= 11 is 0. The molecule has 0 unspecified atom stereocenters. The Kier molecular flexibility index (Phi) is 5.38. The van der Waals surface area contributed by atoms with Gasteiger partial charge in [0.2, 0.25) is 0 Å². The topological polar surface area (TPSA) is 69.6 Å². The lowest BCUT2D eigenvalue weighted by atomic mass is 9.93. The predicted molar refractivity (Wildman–Crippen MR) is 80.9 cm³/mol. The van der Waals surface area contributed by atoms with Crippen molar-refractivity contribution in [2.75, 3.05) is 6.61 Å². The molecule has 4 heteroatoms. The van der Waals surface area contributed by atoms with Crippen molar-refractivity contribution in [3.8, 4) is 11.8 Å². The van der Waals surface area contributed by atoms with E-state index in [1.165, 1.54) is 0 Å². The van der Waals surface area contributed by atoms with Crippen LogP contribution in [0.25, 0.3) is 0 Å². The van der Waals surface area contributed by atoms with Crippen LogP contribution in [0.2, 0.25) is 0 Å². The van der Waals surface area contributed by atoms with E-state index in [2.05, 4.69) is 17.2 Å². The molecule has 3 N–H and O–H groups in total. The van der Waals surface area contributed by atoms with Crippen LogP contribution >= 0.6 is 0 Å². The SMILES string of the molecule is Cc1cc(C(=O)NC2CCC(O)CC2)ccc1C#CCO. The van der Waals surface area contributed by atoms with Gasteiger partial charge in [0, 0.05) is 17.2 Å². The Morgan fingerprint density at radius 3 is 2.67 bits per heavy atom. The molecule has 1 fully saturated rings. The first-order valence-corrected chi connectivity index (χ1v) is 7.29. The molecule has 0 aliphatic heterocycles. The minimum absolute atomic E-state index is 0.0823. The molecular formula is C17H21NO3. The highest BCUT2D eigenvalue weighted by Crippen LogP contribution is 2.19. The van der Waals surface area contributed by atoms with E-state index >= 15 is 0 Å². The number of benzene rings is 1. The van der Waals surface area contributed by atoms with E-state index in [-0.39, 0.29) is 24.7 Å². The Morgan fingerprint density at radius 2 is 2.05 bits per heavy atom. The van der Waals surface area contributed by atoms with Crippen LogP contribution in [0.15, 0.2) is 18.2 Å². The van der Waals surface area contributed by atoms with Gasteiger partial charge < -0.3 is 15.5 Å². The van der Waals surface area contributed by atoms with E-state index in [9.17, 15) is 9.90 Å². The summed E-state index contributed by atoms with van der Waals surface area (Å²) in [7, 11) is 0. The number of nitrogens with one attached hydrogen (secondary N) is 1. The molecule has 0 radical (unpaired) electrons. The summed E-state index contributed by atoms with van der Waals surface area (Å²) in [4.78, 5) is 12.2. The van der Waals surface area contributed by atoms with E-state index in [1.807, 2.05) is 13.0 Å². The number of aliphatic hydroxyl groups excluding tert-OH is 2. The second kappa shape index (κ2) is 7.26. The van der Waals surface area contributed by atoms with E-state index in [4.69, 9.17) is 5.11 Å². The standard InChI is InChI=1S/C17H21NO3/c1-12-11-14(5-4-13(12)3-2-10-19)17(21)18-15-6-8-16(20)9-7-15/h4-5,11,15-16,19-20H,6-10H2,1H3,(H,18,21). The van der Waals surface area contributed by atoms with Crippen molar-refractivity contribution in [2.45, 2.75) is 44.8 Å². The van der Waals surface area contributed by atoms with Gasteiger partial charge in [-0.1, -0.05) is 11.8 Å². The molecule has 21 heavy (non-hydrogen) atoms. The van der Waals surface area contributed by atoms with Gasteiger partial charge in [-0.05, 0) is 56.4 Å². The third-order valence-electron chi connectivity index (χ3n) is 3.82. The molecule has 0 saturated heterocycles. The average Bonchev–Trinajstić information content (AvgIpc) is 2.48. The fourth-order valence-electron chi connectivity index (χ4n) is 2.57. The molecule has 0 spiro atoms. The molecular weight excluding hydrogens is 266 g/mol. The van der Waals surface area contributed by atoms with Crippen LogP contribution in [0.3, 0.4) is 0 Å². The number of carbonyl (C=O) groups excluding carboxylic acids is 1. The van der Waals surface area contributed by atoms with Crippen molar-refractivity contribution < 1.29 is 15.0 Å². The van der Waals surface area contributed by atoms with Crippen molar-refractivity contribution in [3.05, 3.63) is 34.9 Å². The molecule has 4 nitrogen and oxygen atoms in total. The van der Waals surface area contributed by atoms with Crippen molar-refractivity contribution in [3.63, 3.8) is 0 Å².